The summed E-state index contributed by atoms with van der Waals surface area (Å²) in [4.78, 5) is 22.0. The normalized spacial score (nSPS) is 10.8. The van der Waals surface area contributed by atoms with Crippen LogP contribution in [-0.2, 0) is 24.4 Å². The van der Waals surface area contributed by atoms with Crippen molar-refractivity contribution in [3.05, 3.63) is 52.9 Å². The second kappa shape index (κ2) is 6.95. The highest BCUT2D eigenvalue weighted by molar-refractivity contribution is 5.90. The Balaban J connectivity index is 1.56. The number of nitro groups is 1. The third-order valence-electron chi connectivity index (χ3n) is 3.41. The van der Waals surface area contributed by atoms with Gasteiger partial charge >= 0.3 is 5.69 Å². The Morgan fingerprint density at radius 1 is 1.12 bits per heavy atom. The lowest BCUT2D eigenvalue weighted by atomic mass is 10.4. The maximum Gasteiger partial charge on any atom is 0.307 e. The highest BCUT2D eigenvalue weighted by Crippen LogP contribution is 2.10. The fourth-order valence-electron chi connectivity index (χ4n) is 2.24. The van der Waals surface area contributed by atoms with Crippen molar-refractivity contribution in [1.82, 2.24) is 29.3 Å². The Morgan fingerprint density at radius 3 is 2.56 bits per heavy atom. The van der Waals surface area contributed by atoms with E-state index in [-0.39, 0.29) is 18.1 Å². The molecule has 3 heterocycles. The Labute approximate surface area is 142 Å². The first-order valence-electron chi connectivity index (χ1n) is 7.54. The standard InChI is InChI=1S/C14H16N8O3/c1-2-19-6-11(3-15-19)7-20-8-12(4-16-20)18-14(23)10-21-9-13(5-17-21)22(24)25/h3-6,8-9H,2,7,10H2,1H3,(H,18,23). The van der Waals surface area contributed by atoms with Gasteiger partial charge < -0.3 is 5.32 Å². The largest absolute Gasteiger partial charge is 0.322 e. The zero-order valence-corrected chi connectivity index (χ0v) is 13.4. The SMILES string of the molecule is CCn1cc(Cn2cc(NC(=O)Cn3cc([N+](=O)[O-])cn3)cn2)cn1. The van der Waals surface area contributed by atoms with Crippen LogP contribution >= 0.6 is 0 Å². The van der Waals surface area contributed by atoms with Crippen LogP contribution in [0, 0.1) is 10.1 Å². The minimum absolute atomic E-state index is 0.123. The predicted molar refractivity (Wildman–Crippen MR) is 86.7 cm³/mol. The summed E-state index contributed by atoms with van der Waals surface area (Å²) in [7, 11) is 0. The topological polar surface area (TPSA) is 126 Å². The van der Waals surface area contributed by atoms with Crippen LogP contribution in [0.25, 0.3) is 0 Å². The van der Waals surface area contributed by atoms with E-state index >= 15 is 0 Å². The second-order valence-corrected chi connectivity index (χ2v) is 5.33. The van der Waals surface area contributed by atoms with E-state index in [1.54, 1.807) is 17.1 Å². The Bertz CT molecular complexity index is 893. The minimum atomic E-state index is -0.563. The van der Waals surface area contributed by atoms with E-state index in [1.807, 2.05) is 17.8 Å². The van der Waals surface area contributed by atoms with Crippen LogP contribution in [0.5, 0.6) is 0 Å². The van der Waals surface area contributed by atoms with Gasteiger partial charge in [-0.2, -0.15) is 15.3 Å². The van der Waals surface area contributed by atoms with Crippen molar-refractivity contribution in [3.8, 4) is 0 Å². The summed E-state index contributed by atoms with van der Waals surface area (Å²) in [5, 5.41) is 25.4. The number of aryl methyl sites for hydroxylation is 1. The fraction of sp³-hybridized carbons (Fsp3) is 0.286. The molecule has 130 valence electrons. The van der Waals surface area contributed by atoms with Crippen molar-refractivity contribution >= 4 is 17.3 Å². The van der Waals surface area contributed by atoms with E-state index in [4.69, 9.17) is 0 Å². The predicted octanol–water partition coefficient (Wildman–Crippen LogP) is 0.891. The summed E-state index contributed by atoms with van der Waals surface area (Å²) in [5.74, 6) is -0.351. The average Bonchev–Trinajstić information content (AvgIpc) is 3.29. The van der Waals surface area contributed by atoms with Gasteiger partial charge in [-0.25, -0.2) is 0 Å². The van der Waals surface area contributed by atoms with Crippen molar-refractivity contribution in [2.75, 3.05) is 5.32 Å². The third-order valence-corrected chi connectivity index (χ3v) is 3.41. The number of rotatable bonds is 7. The highest BCUT2D eigenvalue weighted by atomic mass is 16.6. The van der Waals surface area contributed by atoms with Gasteiger partial charge in [0.15, 0.2) is 0 Å². The molecule has 3 rings (SSSR count). The number of carbonyl (C=O) groups is 1. The molecule has 11 heteroatoms. The van der Waals surface area contributed by atoms with Gasteiger partial charge in [-0.1, -0.05) is 0 Å². The van der Waals surface area contributed by atoms with Crippen molar-refractivity contribution in [3.63, 3.8) is 0 Å². The number of anilines is 1. The monoisotopic (exact) mass is 344 g/mol. The molecule has 0 aliphatic heterocycles. The summed E-state index contributed by atoms with van der Waals surface area (Å²) in [6, 6.07) is 0. The van der Waals surface area contributed by atoms with Crippen LogP contribution in [0.1, 0.15) is 12.5 Å². The molecule has 0 bridgehead atoms. The quantitative estimate of drug-likeness (QED) is 0.501. The molecule has 0 aliphatic carbocycles. The van der Waals surface area contributed by atoms with E-state index in [1.165, 1.54) is 17.1 Å². The summed E-state index contributed by atoms with van der Waals surface area (Å²) in [6.45, 7) is 3.22. The molecular formula is C14H16N8O3. The molecule has 0 atom stereocenters. The first-order chi connectivity index (χ1) is 12.0. The van der Waals surface area contributed by atoms with Crippen LogP contribution in [0.15, 0.2) is 37.2 Å². The molecule has 0 radical (unpaired) electrons. The lowest BCUT2D eigenvalue weighted by Crippen LogP contribution is -2.18. The van der Waals surface area contributed by atoms with Crippen LogP contribution < -0.4 is 5.32 Å². The number of aromatic nitrogens is 6. The molecule has 0 saturated heterocycles. The van der Waals surface area contributed by atoms with Crippen molar-refractivity contribution in [1.29, 1.82) is 0 Å². The molecule has 1 N–H and O–H groups in total. The first kappa shape index (κ1) is 16.4. The summed E-state index contributed by atoms with van der Waals surface area (Å²) >= 11 is 0. The van der Waals surface area contributed by atoms with E-state index in [0.29, 0.717) is 12.2 Å². The third kappa shape index (κ3) is 4.07. The molecule has 1 amide bonds. The summed E-state index contributed by atoms with van der Waals surface area (Å²) < 4.78 is 4.72. The molecule has 0 spiro atoms. The zero-order chi connectivity index (χ0) is 17.8. The Kier molecular flexibility index (Phi) is 4.55. The van der Waals surface area contributed by atoms with Gasteiger partial charge in [-0.15, -0.1) is 0 Å². The van der Waals surface area contributed by atoms with Crippen LogP contribution in [0.2, 0.25) is 0 Å². The maximum absolute atomic E-state index is 12.0. The number of hydrogen-bond acceptors (Lipinski definition) is 6. The molecular weight excluding hydrogens is 328 g/mol. The molecule has 25 heavy (non-hydrogen) atoms. The Morgan fingerprint density at radius 2 is 1.88 bits per heavy atom. The van der Waals surface area contributed by atoms with Crippen LogP contribution in [0.4, 0.5) is 11.4 Å². The zero-order valence-electron chi connectivity index (χ0n) is 13.4. The Hall–Kier alpha value is -3.50. The fourth-order valence-corrected chi connectivity index (χ4v) is 2.24. The smallest absolute Gasteiger partial charge is 0.307 e. The van der Waals surface area contributed by atoms with Gasteiger partial charge in [-0.05, 0) is 6.92 Å². The number of nitrogens with one attached hydrogen (secondary N) is 1. The number of carbonyl (C=O) groups excluding carboxylic acids is 1. The van der Waals surface area contributed by atoms with Gasteiger partial charge in [-0.3, -0.25) is 29.0 Å². The van der Waals surface area contributed by atoms with Crippen LogP contribution in [-0.4, -0.2) is 40.2 Å². The molecule has 0 aliphatic rings. The van der Waals surface area contributed by atoms with Crippen LogP contribution in [0.3, 0.4) is 0 Å². The van der Waals surface area contributed by atoms with E-state index in [0.717, 1.165) is 18.3 Å². The van der Waals surface area contributed by atoms with Gasteiger partial charge in [0.2, 0.25) is 5.91 Å². The molecule has 0 aromatic carbocycles. The number of amides is 1. The molecule has 0 fully saturated rings. The average molecular weight is 344 g/mol. The lowest BCUT2D eigenvalue weighted by molar-refractivity contribution is -0.385. The van der Waals surface area contributed by atoms with Crippen molar-refractivity contribution in [2.45, 2.75) is 26.6 Å². The molecule has 3 aromatic rings. The molecule has 0 saturated carbocycles. The van der Waals surface area contributed by atoms with E-state index in [9.17, 15) is 14.9 Å². The number of nitrogens with zero attached hydrogens (tertiary/aromatic N) is 7. The van der Waals surface area contributed by atoms with E-state index < -0.39 is 4.92 Å². The minimum Gasteiger partial charge on any atom is -0.322 e. The van der Waals surface area contributed by atoms with E-state index in [2.05, 4.69) is 20.6 Å². The first-order valence-corrected chi connectivity index (χ1v) is 7.54. The molecule has 0 unspecified atom stereocenters. The highest BCUT2D eigenvalue weighted by Gasteiger charge is 2.12. The van der Waals surface area contributed by atoms with Gasteiger partial charge in [0.1, 0.15) is 18.9 Å². The molecule has 11 nitrogen and oxygen atoms in total. The summed E-state index contributed by atoms with van der Waals surface area (Å²) in [6.07, 6.45) is 9.25. The van der Waals surface area contributed by atoms with Gasteiger partial charge in [0.05, 0.1) is 29.5 Å². The van der Waals surface area contributed by atoms with Crippen molar-refractivity contribution in [2.24, 2.45) is 0 Å². The number of hydrogen-bond donors (Lipinski definition) is 1. The van der Waals surface area contributed by atoms with Gasteiger partial charge in [0, 0.05) is 24.5 Å². The van der Waals surface area contributed by atoms with Crippen molar-refractivity contribution < 1.29 is 9.72 Å². The second-order valence-electron chi connectivity index (χ2n) is 5.33. The summed E-state index contributed by atoms with van der Waals surface area (Å²) in [5.41, 5.74) is 1.38. The molecule has 3 aromatic heterocycles. The van der Waals surface area contributed by atoms with Gasteiger partial charge in [0.25, 0.3) is 0 Å². The lowest BCUT2D eigenvalue weighted by Gasteiger charge is -2.02. The maximum atomic E-state index is 12.0.